The van der Waals surface area contributed by atoms with Gasteiger partial charge >= 0.3 is 0 Å². The van der Waals surface area contributed by atoms with Crippen LogP contribution in [0.2, 0.25) is 5.02 Å². The highest BCUT2D eigenvalue weighted by atomic mass is 35.5. The van der Waals surface area contributed by atoms with Gasteiger partial charge in [0.15, 0.2) is 11.0 Å². The third-order valence-electron chi connectivity index (χ3n) is 3.16. The van der Waals surface area contributed by atoms with Gasteiger partial charge in [0, 0.05) is 17.3 Å². The second kappa shape index (κ2) is 7.31. The van der Waals surface area contributed by atoms with Gasteiger partial charge in [0.25, 0.3) is 0 Å². The van der Waals surface area contributed by atoms with Crippen molar-refractivity contribution in [3.8, 4) is 10.7 Å². The van der Waals surface area contributed by atoms with Crippen molar-refractivity contribution >= 4 is 34.7 Å². The van der Waals surface area contributed by atoms with Crippen LogP contribution in [-0.4, -0.2) is 14.8 Å². The molecule has 0 saturated heterocycles. The highest BCUT2D eigenvalue weighted by Crippen LogP contribution is 2.29. The van der Waals surface area contributed by atoms with Crippen LogP contribution in [0.4, 0.5) is 0 Å². The van der Waals surface area contributed by atoms with Crippen molar-refractivity contribution in [2.45, 2.75) is 30.8 Å². The molecule has 0 bridgehead atoms. The number of hydrogen-bond acceptors (Lipinski definition) is 4. The smallest absolute Gasteiger partial charge is 0.191 e. The third-order valence-corrected chi connectivity index (χ3v) is 5.30. The van der Waals surface area contributed by atoms with E-state index in [-0.39, 0.29) is 0 Å². The summed E-state index contributed by atoms with van der Waals surface area (Å²) in [6.45, 7) is 3.10. The minimum Gasteiger partial charge on any atom is -0.301 e. The Morgan fingerprint density at radius 1 is 1.23 bits per heavy atom. The van der Waals surface area contributed by atoms with E-state index in [9.17, 15) is 0 Å². The topological polar surface area (TPSA) is 30.7 Å². The lowest BCUT2D eigenvalue weighted by Gasteiger charge is -2.08. The number of benzene rings is 1. The lowest BCUT2D eigenvalue weighted by atomic mass is 10.2. The summed E-state index contributed by atoms with van der Waals surface area (Å²) in [7, 11) is 0. The maximum Gasteiger partial charge on any atom is 0.191 e. The van der Waals surface area contributed by atoms with E-state index >= 15 is 0 Å². The van der Waals surface area contributed by atoms with Crippen LogP contribution < -0.4 is 0 Å². The van der Waals surface area contributed by atoms with Gasteiger partial charge in [0.05, 0.1) is 4.88 Å². The molecule has 0 fully saturated rings. The molecule has 22 heavy (non-hydrogen) atoms. The number of rotatable bonds is 6. The summed E-state index contributed by atoms with van der Waals surface area (Å²) in [6.07, 6.45) is 1.06. The standard InChI is InChI=1S/C16H16ClN3S2/c1-2-8-20-15(14-7-4-9-21-14)18-19-16(20)22-11-12-5-3-6-13(17)10-12/h3-7,9-10H,2,8,11H2,1H3. The van der Waals surface area contributed by atoms with E-state index in [2.05, 4.69) is 39.2 Å². The fraction of sp³-hybridized carbons (Fsp3) is 0.250. The zero-order valence-corrected chi connectivity index (χ0v) is 14.6. The Bertz CT molecular complexity index is 738. The summed E-state index contributed by atoms with van der Waals surface area (Å²) < 4.78 is 2.21. The van der Waals surface area contributed by atoms with Crippen molar-refractivity contribution in [1.29, 1.82) is 0 Å². The Morgan fingerprint density at radius 2 is 2.14 bits per heavy atom. The summed E-state index contributed by atoms with van der Waals surface area (Å²) in [5.41, 5.74) is 1.20. The Morgan fingerprint density at radius 3 is 2.86 bits per heavy atom. The minimum atomic E-state index is 0.771. The molecule has 0 spiro atoms. The Labute approximate surface area is 143 Å². The van der Waals surface area contributed by atoms with Crippen LogP contribution in [0.1, 0.15) is 18.9 Å². The average Bonchev–Trinajstić information content (AvgIpc) is 3.15. The van der Waals surface area contributed by atoms with Gasteiger partial charge in [-0.3, -0.25) is 0 Å². The molecule has 0 aliphatic rings. The van der Waals surface area contributed by atoms with E-state index in [4.69, 9.17) is 11.6 Å². The number of hydrogen-bond donors (Lipinski definition) is 0. The molecule has 0 aliphatic heterocycles. The number of thiophene rings is 1. The SMILES string of the molecule is CCCn1c(SCc2cccc(Cl)c2)nnc1-c1cccs1. The predicted molar refractivity (Wildman–Crippen MR) is 94.6 cm³/mol. The molecule has 0 N–H and O–H groups in total. The number of thioether (sulfide) groups is 1. The average molecular weight is 350 g/mol. The highest BCUT2D eigenvalue weighted by molar-refractivity contribution is 7.98. The predicted octanol–water partition coefficient (Wildman–Crippen LogP) is 5.36. The summed E-state index contributed by atoms with van der Waals surface area (Å²) in [4.78, 5) is 1.16. The maximum absolute atomic E-state index is 6.04. The van der Waals surface area contributed by atoms with Crippen molar-refractivity contribution in [3.05, 3.63) is 52.4 Å². The van der Waals surface area contributed by atoms with Gasteiger partial charge in [0.2, 0.25) is 0 Å². The van der Waals surface area contributed by atoms with Gasteiger partial charge in [-0.05, 0) is 35.6 Å². The molecule has 2 heterocycles. The monoisotopic (exact) mass is 349 g/mol. The van der Waals surface area contributed by atoms with Gasteiger partial charge in [0.1, 0.15) is 0 Å². The first-order chi connectivity index (χ1) is 10.8. The van der Waals surface area contributed by atoms with Gasteiger partial charge in [-0.25, -0.2) is 0 Å². The molecular formula is C16H16ClN3S2. The Balaban J connectivity index is 1.81. The fourth-order valence-corrected chi connectivity index (χ4v) is 4.02. The molecule has 3 nitrogen and oxygen atoms in total. The third kappa shape index (κ3) is 3.54. The van der Waals surface area contributed by atoms with Crippen LogP contribution in [0, 0.1) is 0 Å². The van der Waals surface area contributed by atoms with Crippen LogP contribution in [0.25, 0.3) is 10.7 Å². The van der Waals surface area contributed by atoms with Crippen LogP contribution in [0.15, 0.2) is 46.9 Å². The van der Waals surface area contributed by atoms with E-state index in [1.165, 1.54) is 5.56 Å². The summed E-state index contributed by atoms with van der Waals surface area (Å²) in [5.74, 6) is 1.80. The van der Waals surface area contributed by atoms with Crippen molar-refractivity contribution in [1.82, 2.24) is 14.8 Å². The van der Waals surface area contributed by atoms with E-state index < -0.39 is 0 Å². The molecule has 0 unspecified atom stereocenters. The zero-order valence-electron chi connectivity index (χ0n) is 12.2. The normalized spacial score (nSPS) is 11.0. The molecule has 2 aromatic heterocycles. The minimum absolute atomic E-state index is 0.771. The van der Waals surface area contributed by atoms with Gasteiger partial charge in [-0.15, -0.1) is 21.5 Å². The number of aromatic nitrogens is 3. The Kier molecular flexibility index (Phi) is 5.18. The number of nitrogens with zero attached hydrogens (tertiary/aromatic N) is 3. The zero-order chi connectivity index (χ0) is 15.4. The first-order valence-corrected chi connectivity index (χ1v) is 9.36. The van der Waals surface area contributed by atoms with E-state index in [1.54, 1.807) is 23.1 Å². The molecule has 114 valence electrons. The largest absolute Gasteiger partial charge is 0.301 e. The van der Waals surface area contributed by atoms with Crippen LogP contribution in [-0.2, 0) is 12.3 Å². The lowest BCUT2D eigenvalue weighted by molar-refractivity contribution is 0.627. The maximum atomic E-state index is 6.04. The molecule has 0 saturated carbocycles. The van der Waals surface area contributed by atoms with Gasteiger partial charge < -0.3 is 4.57 Å². The first-order valence-electron chi connectivity index (χ1n) is 7.12. The van der Waals surface area contributed by atoms with Crippen LogP contribution in [0.3, 0.4) is 0 Å². The van der Waals surface area contributed by atoms with Crippen LogP contribution >= 0.6 is 34.7 Å². The molecule has 3 aromatic rings. The molecule has 3 rings (SSSR count). The molecule has 1 aromatic carbocycles. The molecule has 0 aliphatic carbocycles. The van der Waals surface area contributed by atoms with Crippen molar-refractivity contribution in [3.63, 3.8) is 0 Å². The van der Waals surface area contributed by atoms with Gasteiger partial charge in [-0.1, -0.05) is 48.5 Å². The first kappa shape index (κ1) is 15.6. The lowest BCUT2D eigenvalue weighted by Crippen LogP contribution is -2.01. The molecule has 0 atom stereocenters. The second-order valence-corrected chi connectivity index (χ2v) is 7.18. The molecule has 6 heteroatoms. The van der Waals surface area contributed by atoms with Crippen molar-refractivity contribution < 1.29 is 0 Å². The van der Waals surface area contributed by atoms with E-state index in [0.717, 1.165) is 39.6 Å². The molecular weight excluding hydrogens is 334 g/mol. The second-order valence-electron chi connectivity index (χ2n) is 4.85. The quantitative estimate of drug-likeness (QED) is 0.561. The van der Waals surface area contributed by atoms with Crippen molar-refractivity contribution in [2.24, 2.45) is 0 Å². The Hall–Kier alpha value is -1.30. The molecule has 0 radical (unpaired) electrons. The van der Waals surface area contributed by atoms with E-state index in [1.807, 2.05) is 24.3 Å². The molecule has 0 amide bonds. The summed E-state index contributed by atoms with van der Waals surface area (Å²) in [6, 6.07) is 12.1. The fourth-order valence-electron chi connectivity index (χ4n) is 2.18. The van der Waals surface area contributed by atoms with Gasteiger partial charge in [-0.2, -0.15) is 0 Å². The summed E-state index contributed by atoms with van der Waals surface area (Å²) in [5, 5.41) is 12.6. The summed E-state index contributed by atoms with van der Waals surface area (Å²) >= 11 is 9.44. The highest BCUT2D eigenvalue weighted by Gasteiger charge is 2.14. The number of halogens is 1. The van der Waals surface area contributed by atoms with Crippen LogP contribution in [0.5, 0.6) is 0 Å². The van der Waals surface area contributed by atoms with E-state index in [0.29, 0.717) is 0 Å². The van der Waals surface area contributed by atoms with Crippen molar-refractivity contribution in [2.75, 3.05) is 0 Å².